The molecular formula is C16H20N4O2S. The zero-order valence-electron chi connectivity index (χ0n) is 13.5. The van der Waals surface area contributed by atoms with Gasteiger partial charge in [0.15, 0.2) is 5.13 Å². The van der Waals surface area contributed by atoms with Gasteiger partial charge in [-0.1, -0.05) is 11.3 Å². The third-order valence-corrected chi connectivity index (χ3v) is 5.48. The molecule has 1 saturated heterocycles. The maximum Gasteiger partial charge on any atom is 0.324 e. The van der Waals surface area contributed by atoms with Gasteiger partial charge in [0.2, 0.25) is 0 Å². The van der Waals surface area contributed by atoms with E-state index in [-0.39, 0.29) is 18.1 Å². The number of hydrogen-bond donors (Lipinski definition) is 1. The lowest BCUT2D eigenvalue weighted by Gasteiger charge is -2.25. The fraction of sp³-hybridized carbons (Fsp3) is 0.500. The van der Waals surface area contributed by atoms with Gasteiger partial charge in [-0.3, -0.25) is 4.90 Å². The van der Waals surface area contributed by atoms with Gasteiger partial charge in [-0.25, -0.2) is 9.78 Å². The van der Waals surface area contributed by atoms with Crippen LogP contribution in [0.3, 0.4) is 0 Å². The Kier molecular flexibility index (Phi) is 3.42. The van der Waals surface area contributed by atoms with Crippen LogP contribution in [0.5, 0.6) is 5.75 Å². The number of fused-ring (bicyclic) bond motifs is 3. The fourth-order valence-electron chi connectivity index (χ4n) is 3.34. The fourth-order valence-corrected chi connectivity index (χ4v) is 4.39. The molecule has 0 bridgehead atoms. The molecule has 1 N–H and O–H groups in total. The van der Waals surface area contributed by atoms with Gasteiger partial charge in [0.25, 0.3) is 0 Å². The first-order valence-electron chi connectivity index (χ1n) is 7.84. The summed E-state index contributed by atoms with van der Waals surface area (Å²) >= 11 is 1.58. The van der Waals surface area contributed by atoms with Crippen LogP contribution >= 0.6 is 11.3 Å². The molecule has 122 valence electrons. The second-order valence-corrected chi connectivity index (χ2v) is 7.43. The third-order valence-electron chi connectivity index (χ3n) is 4.46. The first kappa shape index (κ1) is 14.7. The molecule has 0 aliphatic carbocycles. The third kappa shape index (κ3) is 2.35. The highest BCUT2D eigenvalue weighted by molar-refractivity contribution is 7.22. The lowest BCUT2D eigenvalue weighted by atomic mass is 10.1. The summed E-state index contributed by atoms with van der Waals surface area (Å²) in [5.74, 6) is 0.929. The molecule has 0 unspecified atom stereocenters. The Hall–Kier alpha value is -1.86. The predicted molar refractivity (Wildman–Crippen MR) is 91.6 cm³/mol. The quantitative estimate of drug-likeness (QED) is 0.935. The summed E-state index contributed by atoms with van der Waals surface area (Å²) < 4.78 is 6.73. The molecule has 0 spiro atoms. The Labute approximate surface area is 139 Å². The Morgan fingerprint density at radius 1 is 1.48 bits per heavy atom. The zero-order valence-corrected chi connectivity index (χ0v) is 14.3. The number of likely N-dealkylation sites (N-methyl/N-ethyl adjacent to an activating group) is 1. The SMILES string of the molecule is C[C@@H]1NC(=O)N(c2nc3c4c(ccc3s2)OCC4)[C@@H]1CN(C)C. The van der Waals surface area contributed by atoms with E-state index in [0.29, 0.717) is 6.61 Å². The topological polar surface area (TPSA) is 57.7 Å². The summed E-state index contributed by atoms with van der Waals surface area (Å²) in [5.41, 5.74) is 2.15. The summed E-state index contributed by atoms with van der Waals surface area (Å²) in [6, 6.07) is 4.18. The number of hydrogen-bond acceptors (Lipinski definition) is 5. The second-order valence-electron chi connectivity index (χ2n) is 6.42. The Balaban J connectivity index is 1.77. The summed E-state index contributed by atoms with van der Waals surface area (Å²) in [7, 11) is 4.05. The summed E-state index contributed by atoms with van der Waals surface area (Å²) in [5, 5.41) is 3.79. The van der Waals surface area contributed by atoms with E-state index in [2.05, 4.69) is 10.2 Å². The number of nitrogens with one attached hydrogen (secondary N) is 1. The largest absolute Gasteiger partial charge is 0.493 e. The number of amides is 2. The maximum atomic E-state index is 12.4. The molecule has 2 atom stereocenters. The number of nitrogens with zero attached hydrogens (tertiary/aromatic N) is 3. The summed E-state index contributed by atoms with van der Waals surface area (Å²) in [6.07, 6.45) is 0.888. The number of carbonyl (C=O) groups excluding carboxylic acids is 1. The lowest BCUT2D eigenvalue weighted by Crippen LogP contribution is -2.43. The van der Waals surface area contributed by atoms with Gasteiger partial charge < -0.3 is 15.0 Å². The van der Waals surface area contributed by atoms with Gasteiger partial charge in [-0.05, 0) is 33.2 Å². The first-order chi connectivity index (χ1) is 11.0. The van der Waals surface area contributed by atoms with Crippen LogP contribution in [0.25, 0.3) is 10.2 Å². The van der Waals surface area contributed by atoms with Gasteiger partial charge in [0.05, 0.1) is 28.9 Å². The summed E-state index contributed by atoms with van der Waals surface area (Å²) in [6.45, 7) is 3.56. The van der Waals surface area contributed by atoms with E-state index in [1.54, 1.807) is 11.3 Å². The Morgan fingerprint density at radius 3 is 3.09 bits per heavy atom. The number of anilines is 1. The van der Waals surface area contributed by atoms with Crippen LogP contribution in [0.4, 0.5) is 9.93 Å². The molecule has 0 radical (unpaired) electrons. The van der Waals surface area contributed by atoms with Crippen LogP contribution < -0.4 is 15.0 Å². The maximum absolute atomic E-state index is 12.4. The molecule has 1 aromatic heterocycles. The molecule has 6 nitrogen and oxygen atoms in total. The molecule has 2 amide bonds. The molecule has 2 aromatic rings. The number of benzene rings is 1. The van der Waals surface area contributed by atoms with Crippen LogP contribution in [-0.2, 0) is 6.42 Å². The van der Waals surface area contributed by atoms with Gasteiger partial charge >= 0.3 is 6.03 Å². The molecule has 4 rings (SSSR count). The van der Waals surface area contributed by atoms with Gasteiger partial charge in [-0.2, -0.15) is 0 Å². The average molecular weight is 332 g/mol. The number of aromatic nitrogens is 1. The van der Waals surface area contributed by atoms with Crippen molar-refractivity contribution < 1.29 is 9.53 Å². The number of ether oxygens (including phenoxy) is 1. The van der Waals surface area contributed by atoms with Crippen molar-refractivity contribution in [3.63, 3.8) is 0 Å². The van der Waals surface area contributed by atoms with Crippen LogP contribution in [0, 0.1) is 0 Å². The van der Waals surface area contributed by atoms with Crippen molar-refractivity contribution in [3.8, 4) is 5.75 Å². The van der Waals surface area contributed by atoms with E-state index in [4.69, 9.17) is 9.72 Å². The van der Waals surface area contributed by atoms with E-state index < -0.39 is 0 Å². The first-order valence-corrected chi connectivity index (χ1v) is 8.66. The molecule has 2 aliphatic heterocycles. The number of urea groups is 1. The Bertz CT molecular complexity index is 773. The minimum absolute atomic E-state index is 0.0590. The standard InChI is InChI=1S/C16H20N4O2S/c1-9-11(8-19(2)3)20(15(21)17-9)16-18-14-10-6-7-22-12(10)4-5-13(14)23-16/h4-5,9,11H,6-8H2,1-3H3,(H,17,21)/t9-,11+/m0/s1. The van der Waals surface area contributed by atoms with Crippen LogP contribution in [0.2, 0.25) is 0 Å². The smallest absolute Gasteiger partial charge is 0.324 e. The number of rotatable bonds is 3. The minimum Gasteiger partial charge on any atom is -0.493 e. The normalized spacial score (nSPS) is 23.5. The highest BCUT2D eigenvalue weighted by Crippen LogP contribution is 2.38. The molecular weight excluding hydrogens is 312 g/mol. The molecule has 2 aliphatic rings. The zero-order chi connectivity index (χ0) is 16.1. The van der Waals surface area contributed by atoms with Crippen molar-refractivity contribution in [2.75, 3.05) is 32.1 Å². The van der Waals surface area contributed by atoms with Crippen molar-refractivity contribution in [2.24, 2.45) is 0 Å². The van der Waals surface area contributed by atoms with E-state index in [1.165, 1.54) is 5.56 Å². The van der Waals surface area contributed by atoms with E-state index in [9.17, 15) is 4.79 Å². The van der Waals surface area contributed by atoms with Crippen molar-refractivity contribution in [3.05, 3.63) is 17.7 Å². The predicted octanol–water partition coefficient (Wildman–Crippen LogP) is 2.08. The number of thiazole rings is 1. The molecule has 3 heterocycles. The number of carbonyl (C=O) groups is 1. The van der Waals surface area contributed by atoms with E-state index in [0.717, 1.165) is 34.1 Å². The molecule has 1 fully saturated rings. The van der Waals surface area contributed by atoms with E-state index in [1.807, 2.05) is 38.1 Å². The van der Waals surface area contributed by atoms with Gasteiger partial charge in [0, 0.05) is 18.5 Å². The van der Waals surface area contributed by atoms with Crippen molar-refractivity contribution >= 4 is 32.7 Å². The van der Waals surface area contributed by atoms with Crippen LogP contribution in [0.15, 0.2) is 12.1 Å². The molecule has 23 heavy (non-hydrogen) atoms. The van der Waals surface area contributed by atoms with Crippen molar-refractivity contribution in [1.29, 1.82) is 0 Å². The van der Waals surface area contributed by atoms with Crippen LogP contribution in [0.1, 0.15) is 12.5 Å². The van der Waals surface area contributed by atoms with E-state index >= 15 is 0 Å². The minimum atomic E-state index is -0.0590. The Morgan fingerprint density at radius 2 is 2.30 bits per heavy atom. The van der Waals surface area contributed by atoms with Crippen LogP contribution in [-0.4, -0.2) is 55.2 Å². The van der Waals surface area contributed by atoms with Gasteiger partial charge in [0.1, 0.15) is 5.75 Å². The molecule has 7 heteroatoms. The van der Waals surface area contributed by atoms with Crippen molar-refractivity contribution in [1.82, 2.24) is 15.2 Å². The highest BCUT2D eigenvalue weighted by Gasteiger charge is 2.39. The lowest BCUT2D eigenvalue weighted by molar-refractivity contribution is 0.251. The summed E-state index contributed by atoms with van der Waals surface area (Å²) in [4.78, 5) is 21.1. The average Bonchev–Trinajstić information content (AvgIpc) is 3.15. The molecule has 0 saturated carbocycles. The monoisotopic (exact) mass is 332 g/mol. The highest BCUT2D eigenvalue weighted by atomic mass is 32.1. The second kappa shape index (κ2) is 5.35. The molecule has 1 aromatic carbocycles. The van der Waals surface area contributed by atoms with Crippen molar-refractivity contribution in [2.45, 2.75) is 25.4 Å². The van der Waals surface area contributed by atoms with Gasteiger partial charge in [-0.15, -0.1) is 0 Å².